The molecule has 2 aromatic carbocycles. The Morgan fingerprint density at radius 3 is 2.40 bits per heavy atom. The molecular weight excluding hydrogens is 462 g/mol. The highest BCUT2D eigenvalue weighted by Crippen LogP contribution is 2.41. The molecule has 35 heavy (non-hydrogen) atoms. The molecule has 0 bridgehead atoms. The number of rotatable bonds is 11. The maximum absolute atomic E-state index is 13.4. The maximum Gasteiger partial charge on any atom is 0.290 e. The SMILES string of the molecule is CCCCCCOc1ccccc1CN(C(=O)c1ccc(-c2cccs2)cc1)C1(O)CC1.O=CO. The minimum atomic E-state index is -1.07. The number of aliphatic hydroxyl groups is 1. The van der Waals surface area contributed by atoms with Crippen LogP contribution in [0.4, 0.5) is 0 Å². The number of carboxylic acid groups (broad SMARTS) is 1. The lowest BCUT2D eigenvalue weighted by molar-refractivity contribution is -0.122. The van der Waals surface area contributed by atoms with Crippen LogP contribution in [0.2, 0.25) is 0 Å². The third kappa shape index (κ3) is 7.41. The number of hydrogen-bond donors (Lipinski definition) is 2. The number of ether oxygens (including phenoxy) is 1. The summed E-state index contributed by atoms with van der Waals surface area (Å²) in [6.45, 7) is 2.94. The lowest BCUT2D eigenvalue weighted by Crippen LogP contribution is -2.41. The molecule has 7 heteroatoms. The van der Waals surface area contributed by atoms with Gasteiger partial charge in [0.2, 0.25) is 0 Å². The summed E-state index contributed by atoms with van der Waals surface area (Å²) in [6, 6.07) is 19.6. The molecule has 1 saturated carbocycles. The van der Waals surface area contributed by atoms with Gasteiger partial charge in [-0.1, -0.05) is 62.6 Å². The maximum atomic E-state index is 13.4. The Kier molecular flexibility index (Phi) is 9.87. The number of benzene rings is 2. The highest BCUT2D eigenvalue weighted by Gasteiger charge is 2.49. The molecule has 0 atom stereocenters. The Bertz CT molecular complexity index is 1060. The molecule has 3 aromatic rings. The van der Waals surface area contributed by atoms with Crippen molar-refractivity contribution in [3.05, 3.63) is 77.2 Å². The molecule has 1 aliphatic rings. The molecule has 1 aromatic heterocycles. The predicted molar refractivity (Wildman–Crippen MR) is 139 cm³/mol. The molecule has 0 radical (unpaired) electrons. The van der Waals surface area contributed by atoms with Crippen molar-refractivity contribution in [2.75, 3.05) is 6.61 Å². The van der Waals surface area contributed by atoms with E-state index in [-0.39, 0.29) is 12.4 Å². The average Bonchev–Trinajstić information content (AvgIpc) is 3.38. The van der Waals surface area contributed by atoms with Gasteiger partial charge >= 0.3 is 0 Å². The van der Waals surface area contributed by atoms with Gasteiger partial charge in [-0.25, -0.2) is 0 Å². The largest absolute Gasteiger partial charge is 0.493 e. The molecular formula is C28H33NO5S. The summed E-state index contributed by atoms with van der Waals surface area (Å²) in [4.78, 5) is 24.5. The highest BCUT2D eigenvalue weighted by molar-refractivity contribution is 7.13. The predicted octanol–water partition coefficient (Wildman–Crippen LogP) is 6.20. The van der Waals surface area contributed by atoms with Crippen molar-refractivity contribution in [3.63, 3.8) is 0 Å². The molecule has 4 rings (SSSR count). The van der Waals surface area contributed by atoms with E-state index < -0.39 is 5.72 Å². The summed E-state index contributed by atoms with van der Waals surface area (Å²) in [6.07, 6.45) is 5.79. The Morgan fingerprint density at radius 1 is 1.06 bits per heavy atom. The summed E-state index contributed by atoms with van der Waals surface area (Å²) >= 11 is 1.68. The first kappa shape index (κ1) is 26.4. The van der Waals surface area contributed by atoms with Gasteiger partial charge < -0.3 is 19.8 Å². The van der Waals surface area contributed by atoms with Crippen molar-refractivity contribution < 1.29 is 24.5 Å². The molecule has 6 nitrogen and oxygen atoms in total. The minimum Gasteiger partial charge on any atom is -0.493 e. The zero-order valence-corrected chi connectivity index (χ0v) is 20.9. The average molecular weight is 496 g/mol. The molecule has 0 spiro atoms. The fourth-order valence-electron chi connectivity index (χ4n) is 3.82. The first-order valence-electron chi connectivity index (χ1n) is 12.0. The fraction of sp³-hybridized carbons (Fsp3) is 0.357. The molecule has 1 fully saturated rings. The van der Waals surface area contributed by atoms with Crippen LogP contribution in [0.25, 0.3) is 10.4 Å². The second kappa shape index (κ2) is 13.1. The normalized spacial score (nSPS) is 13.3. The molecule has 0 aliphatic heterocycles. The number of hydrogen-bond acceptors (Lipinski definition) is 5. The van der Waals surface area contributed by atoms with E-state index >= 15 is 0 Å². The smallest absolute Gasteiger partial charge is 0.290 e. The number of carbonyl (C=O) groups is 2. The molecule has 1 heterocycles. The van der Waals surface area contributed by atoms with Gasteiger partial charge in [-0.3, -0.25) is 9.59 Å². The standard InChI is InChI=1S/C27H31NO3S.CH2O2/c1-2-3-4-7-18-31-24-10-6-5-9-23(24)20-28(27(30)16-17-27)26(29)22-14-12-21(13-15-22)25-11-8-19-32-25;2-1-3/h5-6,8-15,19,30H,2-4,7,16-18,20H2,1H3;1H,(H,2,3). The summed E-state index contributed by atoms with van der Waals surface area (Å²) in [5, 5.41) is 19.8. The first-order chi connectivity index (χ1) is 17.0. The fourth-order valence-corrected chi connectivity index (χ4v) is 4.56. The zero-order valence-electron chi connectivity index (χ0n) is 20.1. The van der Waals surface area contributed by atoms with Crippen molar-refractivity contribution in [1.29, 1.82) is 0 Å². The Morgan fingerprint density at radius 2 is 1.77 bits per heavy atom. The van der Waals surface area contributed by atoms with E-state index in [2.05, 4.69) is 13.0 Å². The second-order valence-electron chi connectivity index (χ2n) is 8.55. The van der Waals surface area contributed by atoms with E-state index in [1.807, 2.05) is 60.0 Å². The summed E-state index contributed by atoms with van der Waals surface area (Å²) in [5.41, 5.74) is 1.53. The van der Waals surface area contributed by atoms with E-state index in [4.69, 9.17) is 14.6 Å². The van der Waals surface area contributed by atoms with E-state index in [1.54, 1.807) is 16.2 Å². The number of amides is 1. The Balaban J connectivity index is 0.00000108. The van der Waals surface area contributed by atoms with E-state index in [9.17, 15) is 9.90 Å². The quantitative estimate of drug-likeness (QED) is 0.188. The Hall–Kier alpha value is -3.16. The van der Waals surface area contributed by atoms with Gasteiger partial charge in [0.25, 0.3) is 12.4 Å². The molecule has 0 saturated heterocycles. The van der Waals surface area contributed by atoms with E-state index in [1.165, 1.54) is 17.7 Å². The van der Waals surface area contributed by atoms with Gasteiger partial charge in [-0.2, -0.15) is 0 Å². The molecule has 2 N–H and O–H groups in total. The van der Waals surface area contributed by atoms with Crippen molar-refractivity contribution in [3.8, 4) is 16.2 Å². The van der Waals surface area contributed by atoms with Gasteiger partial charge in [0.05, 0.1) is 13.2 Å². The summed E-state index contributed by atoms with van der Waals surface area (Å²) in [7, 11) is 0. The van der Waals surface area contributed by atoms with Crippen LogP contribution in [-0.4, -0.2) is 39.8 Å². The van der Waals surface area contributed by atoms with Crippen molar-refractivity contribution >= 4 is 23.7 Å². The van der Waals surface area contributed by atoms with Crippen molar-refractivity contribution in [2.24, 2.45) is 0 Å². The van der Waals surface area contributed by atoms with Crippen LogP contribution in [0.1, 0.15) is 61.4 Å². The van der Waals surface area contributed by atoms with Crippen molar-refractivity contribution in [1.82, 2.24) is 4.90 Å². The number of thiophene rings is 1. The summed E-state index contributed by atoms with van der Waals surface area (Å²) < 4.78 is 6.04. The molecule has 186 valence electrons. The third-order valence-electron chi connectivity index (χ3n) is 5.94. The molecule has 0 unspecified atom stereocenters. The highest BCUT2D eigenvalue weighted by atomic mass is 32.1. The van der Waals surface area contributed by atoms with Crippen LogP contribution >= 0.6 is 11.3 Å². The van der Waals surface area contributed by atoms with Crippen LogP contribution in [0.15, 0.2) is 66.0 Å². The van der Waals surface area contributed by atoms with Crippen LogP contribution < -0.4 is 4.74 Å². The molecule has 1 aliphatic carbocycles. The van der Waals surface area contributed by atoms with Gasteiger partial charge in [0.15, 0.2) is 0 Å². The van der Waals surface area contributed by atoms with Gasteiger partial charge in [-0.15, -0.1) is 11.3 Å². The van der Waals surface area contributed by atoms with Crippen LogP contribution in [0.3, 0.4) is 0 Å². The first-order valence-corrected chi connectivity index (χ1v) is 12.9. The van der Waals surface area contributed by atoms with Gasteiger partial charge in [0, 0.05) is 16.0 Å². The van der Waals surface area contributed by atoms with E-state index in [0.717, 1.165) is 29.7 Å². The number of carbonyl (C=O) groups excluding carboxylic acids is 1. The number of nitrogens with zero attached hydrogens (tertiary/aromatic N) is 1. The van der Waals surface area contributed by atoms with Crippen LogP contribution in [0, 0.1) is 0 Å². The number of unbranched alkanes of at least 4 members (excludes halogenated alkanes) is 3. The lowest BCUT2D eigenvalue weighted by Gasteiger charge is -2.29. The Labute approximate surface area is 210 Å². The minimum absolute atomic E-state index is 0.152. The topological polar surface area (TPSA) is 87.1 Å². The van der Waals surface area contributed by atoms with Crippen LogP contribution in [0.5, 0.6) is 5.75 Å². The second-order valence-corrected chi connectivity index (χ2v) is 9.50. The van der Waals surface area contributed by atoms with E-state index in [0.29, 0.717) is 31.6 Å². The third-order valence-corrected chi connectivity index (χ3v) is 6.86. The van der Waals surface area contributed by atoms with Gasteiger partial charge in [-0.05, 0) is 54.5 Å². The number of para-hydroxylation sites is 1. The zero-order chi connectivity index (χ0) is 25.1. The molecule has 1 amide bonds. The lowest BCUT2D eigenvalue weighted by atomic mass is 10.1. The van der Waals surface area contributed by atoms with Crippen molar-refractivity contribution in [2.45, 2.75) is 57.7 Å². The monoisotopic (exact) mass is 495 g/mol. The van der Waals surface area contributed by atoms with Gasteiger partial charge in [0.1, 0.15) is 11.5 Å². The van der Waals surface area contributed by atoms with Crippen LogP contribution in [-0.2, 0) is 11.3 Å². The summed E-state index contributed by atoms with van der Waals surface area (Å²) in [5.74, 6) is 0.638.